The van der Waals surface area contributed by atoms with Crippen molar-refractivity contribution in [2.45, 2.75) is 52.9 Å². The number of carbonyl (C=O) groups excluding carboxylic acids is 1. The van der Waals surface area contributed by atoms with Crippen LogP contribution in [0.4, 0.5) is 0 Å². The van der Waals surface area contributed by atoms with Gasteiger partial charge in [-0.25, -0.2) is 0 Å². The first-order chi connectivity index (χ1) is 19.9. The van der Waals surface area contributed by atoms with Crippen LogP contribution in [0.5, 0.6) is 5.75 Å². The fourth-order valence-corrected chi connectivity index (χ4v) is 5.84. The Kier molecular flexibility index (Phi) is 6.86. The van der Waals surface area contributed by atoms with E-state index in [-0.39, 0.29) is 36.1 Å². The van der Waals surface area contributed by atoms with Gasteiger partial charge < -0.3 is 13.6 Å². The second-order valence-corrected chi connectivity index (χ2v) is 11.0. The average molecular weight is 549 g/mol. The molecule has 0 radical (unpaired) electrons. The standard InChI is InChI=1S/C35H32O6/c1-4-21-7-10-29-26(13-21)32(36)24(18-39-29)16-35(20-41-31-12-9-23(6-3)15-28(31)34(35)38)17-25-19-40-30-11-8-22(5-2)14-27(30)33(25)37/h7-15,18-19H,4-6,16-17,20H2,1-3H3. The predicted molar refractivity (Wildman–Crippen MR) is 159 cm³/mol. The maximum atomic E-state index is 14.4. The average Bonchev–Trinajstić information content (AvgIpc) is 3.01. The topological polar surface area (TPSA) is 86.7 Å². The Morgan fingerprint density at radius 2 is 1.15 bits per heavy atom. The van der Waals surface area contributed by atoms with Crippen LogP contribution >= 0.6 is 0 Å². The van der Waals surface area contributed by atoms with E-state index in [1.807, 2.05) is 63.2 Å². The molecular formula is C35H32O6. The number of hydrogen-bond acceptors (Lipinski definition) is 6. The summed E-state index contributed by atoms with van der Waals surface area (Å²) in [4.78, 5) is 41.9. The van der Waals surface area contributed by atoms with Crippen molar-refractivity contribution in [3.05, 3.63) is 121 Å². The van der Waals surface area contributed by atoms with Gasteiger partial charge in [-0.15, -0.1) is 0 Å². The van der Waals surface area contributed by atoms with Gasteiger partial charge in [-0.1, -0.05) is 39.0 Å². The van der Waals surface area contributed by atoms with Gasteiger partial charge in [-0.3, -0.25) is 14.4 Å². The van der Waals surface area contributed by atoms with Gasteiger partial charge in [-0.05, 0) is 85.2 Å². The van der Waals surface area contributed by atoms with Crippen molar-refractivity contribution in [3.63, 3.8) is 0 Å². The van der Waals surface area contributed by atoms with Crippen molar-refractivity contribution in [3.8, 4) is 5.75 Å². The summed E-state index contributed by atoms with van der Waals surface area (Å²) in [5, 5.41) is 0.958. The number of benzene rings is 3. The van der Waals surface area contributed by atoms with Crippen LogP contribution in [0.3, 0.4) is 0 Å². The molecule has 0 N–H and O–H groups in total. The summed E-state index contributed by atoms with van der Waals surface area (Å²) in [5.74, 6) is 0.358. The molecule has 2 aromatic heterocycles. The monoisotopic (exact) mass is 548 g/mol. The van der Waals surface area contributed by atoms with Crippen molar-refractivity contribution in [1.82, 2.24) is 0 Å². The normalized spacial score (nSPS) is 14.3. The van der Waals surface area contributed by atoms with Crippen LogP contribution in [-0.4, -0.2) is 12.4 Å². The summed E-state index contributed by atoms with van der Waals surface area (Å²) in [5.41, 5.74) is 3.68. The maximum Gasteiger partial charge on any atom is 0.195 e. The Balaban J connectivity index is 1.50. The van der Waals surface area contributed by atoms with Crippen LogP contribution in [0.25, 0.3) is 21.9 Å². The quantitative estimate of drug-likeness (QED) is 0.227. The zero-order chi connectivity index (χ0) is 28.7. The highest BCUT2D eigenvalue weighted by Gasteiger charge is 2.45. The van der Waals surface area contributed by atoms with E-state index < -0.39 is 5.41 Å². The molecule has 0 saturated heterocycles. The lowest BCUT2D eigenvalue weighted by molar-refractivity contribution is 0.0600. The van der Waals surface area contributed by atoms with Crippen molar-refractivity contribution < 1.29 is 18.4 Å². The Labute approximate surface area is 237 Å². The molecule has 0 amide bonds. The number of aryl methyl sites for hydroxylation is 3. The highest BCUT2D eigenvalue weighted by Crippen LogP contribution is 2.40. The second kappa shape index (κ2) is 10.5. The van der Waals surface area contributed by atoms with E-state index in [9.17, 15) is 14.4 Å². The largest absolute Gasteiger partial charge is 0.492 e. The summed E-state index contributed by atoms with van der Waals surface area (Å²) in [6.45, 7) is 6.10. The molecule has 0 saturated carbocycles. The van der Waals surface area contributed by atoms with Crippen LogP contribution in [0.1, 0.15) is 58.9 Å². The number of Topliss-reactive ketones (excluding diaryl/α,β-unsaturated/α-hetero) is 1. The Hall–Kier alpha value is -4.45. The number of hydrogen-bond donors (Lipinski definition) is 0. The number of carbonyl (C=O) groups is 1. The van der Waals surface area contributed by atoms with E-state index in [1.165, 1.54) is 12.5 Å². The molecule has 0 aliphatic carbocycles. The molecule has 41 heavy (non-hydrogen) atoms. The first kappa shape index (κ1) is 26.8. The van der Waals surface area contributed by atoms with Gasteiger partial charge in [0, 0.05) is 11.1 Å². The van der Waals surface area contributed by atoms with Crippen molar-refractivity contribution in [2.75, 3.05) is 6.61 Å². The highest BCUT2D eigenvalue weighted by molar-refractivity contribution is 6.04. The minimum Gasteiger partial charge on any atom is -0.492 e. The molecule has 1 aliphatic rings. The maximum absolute atomic E-state index is 14.4. The van der Waals surface area contributed by atoms with E-state index in [1.54, 1.807) is 12.1 Å². The third-order valence-corrected chi connectivity index (χ3v) is 8.37. The molecule has 0 fully saturated rings. The van der Waals surface area contributed by atoms with E-state index in [0.717, 1.165) is 36.0 Å². The summed E-state index contributed by atoms with van der Waals surface area (Å²) < 4.78 is 17.9. The molecule has 6 rings (SSSR count). The predicted octanol–water partition coefficient (Wildman–Crippen LogP) is 6.63. The van der Waals surface area contributed by atoms with Crippen LogP contribution in [-0.2, 0) is 32.1 Å². The van der Waals surface area contributed by atoms with Crippen molar-refractivity contribution in [1.29, 1.82) is 0 Å². The van der Waals surface area contributed by atoms with E-state index >= 15 is 0 Å². The Morgan fingerprint density at radius 1 is 0.659 bits per heavy atom. The van der Waals surface area contributed by atoms with Gasteiger partial charge in [0.05, 0.1) is 34.3 Å². The number of ether oxygens (including phenoxy) is 1. The molecule has 0 bridgehead atoms. The van der Waals surface area contributed by atoms with Crippen LogP contribution in [0, 0.1) is 5.41 Å². The van der Waals surface area contributed by atoms with Gasteiger partial charge in [0.15, 0.2) is 16.6 Å². The van der Waals surface area contributed by atoms with Crippen LogP contribution in [0.2, 0.25) is 0 Å². The van der Waals surface area contributed by atoms with Gasteiger partial charge in [0.1, 0.15) is 23.5 Å². The minimum atomic E-state index is -1.21. The zero-order valence-electron chi connectivity index (χ0n) is 23.5. The van der Waals surface area contributed by atoms with Gasteiger partial charge in [0.2, 0.25) is 0 Å². The van der Waals surface area contributed by atoms with E-state index in [0.29, 0.717) is 44.4 Å². The fraction of sp³-hybridized carbons (Fsp3) is 0.286. The molecule has 3 aromatic carbocycles. The van der Waals surface area contributed by atoms with E-state index in [2.05, 4.69) is 0 Å². The first-order valence-electron chi connectivity index (χ1n) is 14.2. The lowest BCUT2D eigenvalue weighted by Crippen LogP contribution is -2.46. The van der Waals surface area contributed by atoms with Gasteiger partial charge in [0.25, 0.3) is 0 Å². The Morgan fingerprint density at radius 3 is 1.66 bits per heavy atom. The lowest BCUT2D eigenvalue weighted by Gasteiger charge is -2.36. The Bertz CT molecular complexity index is 1820. The molecule has 5 aromatic rings. The van der Waals surface area contributed by atoms with Gasteiger partial charge >= 0.3 is 0 Å². The SMILES string of the molecule is CCc1ccc2c(c1)C(=O)C(Cc1coc3ccc(CC)cc3c1=O)(Cc1coc3ccc(CC)cc3c1=O)CO2. The highest BCUT2D eigenvalue weighted by atomic mass is 16.5. The number of ketones is 1. The first-order valence-corrected chi connectivity index (χ1v) is 14.2. The zero-order valence-corrected chi connectivity index (χ0v) is 23.5. The molecular weight excluding hydrogens is 516 g/mol. The second-order valence-electron chi connectivity index (χ2n) is 11.0. The van der Waals surface area contributed by atoms with Crippen LogP contribution < -0.4 is 15.6 Å². The molecule has 3 heterocycles. The molecule has 208 valence electrons. The summed E-state index contributed by atoms with van der Waals surface area (Å²) in [6.07, 6.45) is 5.33. The van der Waals surface area contributed by atoms with Crippen LogP contribution in [0.15, 0.2) is 85.5 Å². The number of rotatable bonds is 7. The molecule has 0 spiro atoms. The van der Waals surface area contributed by atoms with Gasteiger partial charge in [-0.2, -0.15) is 0 Å². The fourth-order valence-electron chi connectivity index (χ4n) is 5.84. The molecule has 6 nitrogen and oxygen atoms in total. The van der Waals surface area contributed by atoms with E-state index in [4.69, 9.17) is 13.6 Å². The summed E-state index contributed by atoms with van der Waals surface area (Å²) >= 11 is 0. The molecule has 0 unspecified atom stereocenters. The van der Waals surface area contributed by atoms with Crippen molar-refractivity contribution >= 4 is 27.7 Å². The lowest BCUT2D eigenvalue weighted by atomic mass is 9.70. The van der Waals surface area contributed by atoms with Crippen molar-refractivity contribution in [2.24, 2.45) is 5.41 Å². The molecule has 6 heteroatoms. The molecule has 0 atom stereocenters. The minimum absolute atomic E-state index is 0.0171. The molecule has 1 aliphatic heterocycles. The third kappa shape index (κ3) is 4.67. The third-order valence-electron chi connectivity index (χ3n) is 8.37. The summed E-state index contributed by atoms with van der Waals surface area (Å²) in [7, 11) is 0. The number of fused-ring (bicyclic) bond motifs is 3. The summed E-state index contributed by atoms with van der Waals surface area (Å²) in [6, 6.07) is 16.8. The smallest absolute Gasteiger partial charge is 0.195 e.